The molecule has 0 saturated heterocycles. The molecule has 1 aromatic heterocycles. The van der Waals surface area contributed by atoms with E-state index in [4.69, 9.17) is 10.1 Å². The number of carbonyl (C=O) groups is 1. The predicted molar refractivity (Wildman–Crippen MR) is 118 cm³/mol. The number of aliphatic hydroxyl groups excluding tert-OH is 2. The standard InChI is InChI=1S/C24H29FN2O4/c1-14(2)23-19(10-9-17(28)12-18(29)13-21(30)31)22(15-5-7-16(25)8-6-15)20-4-3-11-26-24(20)27-23/h5-10,14,17-18,28-29H,3-4,11-13H2,1-2H3,(H,26,27)(H,30,31)/t17?,18-/m1/s1. The highest BCUT2D eigenvalue weighted by Gasteiger charge is 2.23. The molecule has 1 aliphatic rings. The van der Waals surface area contributed by atoms with Crippen LogP contribution in [0.3, 0.4) is 0 Å². The molecule has 0 saturated carbocycles. The van der Waals surface area contributed by atoms with Crippen LogP contribution in [-0.4, -0.2) is 45.0 Å². The Morgan fingerprint density at radius 2 is 1.97 bits per heavy atom. The molecule has 7 heteroatoms. The smallest absolute Gasteiger partial charge is 0.305 e. The lowest BCUT2D eigenvalue weighted by molar-refractivity contribution is -0.139. The highest BCUT2D eigenvalue weighted by Crippen LogP contribution is 2.39. The largest absolute Gasteiger partial charge is 0.481 e. The molecule has 4 N–H and O–H groups in total. The molecular formula is C24H29FN2O4. The van der Waals surface area contributed by atoms with Gasteiger partial charge in [0, 0.05) is 24.1 Å². The highest BCUT2D eigenvalue weighted by atomic mass is 19.1. The van der Waals surface area contributed by atoms with Crippen molar-refractivity contribution in [1.82, 2.24) is 4.98 Å². The first-order valence-corrected chi connectivity index (χ1v) is 10.6. The Balaban J connectivity index is 2.06. The second-order valence-corrected chi connectivity index (χ2v) is 8.22. The van der Waals surface area contributed by atoms with Crippen molar-refractivity contribution in [3.63, 3.8) is 0 Å². The summed E-state index contributed by atoms with van der Waals surface area (Å²) in [6, 6.07) is 6.35. The van der Waals surface area contributed by atoms with Gasteiger partial charge in [-0.15, -0.1) is 0 Å². The van der Waals surface area contributed by atoms with Gasteiger partial charge in [0.05, 0.1) is 24.3 Å². The Labute approximate surface area is 181 Å². The van der Waals surface area contributed by atoms with Crippen molar-refractivity contribution in [3.8, 4) is 11.1 Å². The Kier molecular flexibility index (Phi) is 7.41. The summed E-state index contributed by atoms with van der Waals surface area (Å²) in [4.78, 5) is 15.6. The lowest BCUT2D eigenvalue weighted by Crippen LogP contribution is -2.19. The molecular weight excluding hydrogens is 399 g/mol. The van der Waals surface area contributed by atoms with Gasteiger partial charge in [-0.2, -0.15) is 0 Å². The molecule has 2 atom stereocenters. The van der Waals surface area contributed by atoms with Crippen LogP contribution >= 0.6 is 0 Å². The molecule has 0 radical (unpaired) electrons. The van der Waals surface area contributed by atoms with E-state index in [1.165, 1.54) is 12.1 Å². The molecule has 2 aromatic rings. The third kappa shape index (κ3) is 5.68. The summed E-state index contributed by atoms with van der Waals surface area (Å²) in [7, 11) is 0. The number of hydrogen-bond acceptors (Lipinski definition) is 5. The molecule has 1 unspecified atom stereocenters. The maximum absolute atomic E-state index is 13.6. The summed E-state index contributed by atoms with van der Waals surface area (Å²) in [5.74, 6) is -0.490. The van der Waals surface area contributed by atoms with Crippen LogP contribution in [0.15, 0.2) is 30.3 Å². The van der Waals surface area contributed by atoms with Crippen molar-refractivity contribution >= 4 is 17.9 Å². The van der Waals surface area contributed by atoms with Crippen LogP contribution in [0.4, 0.5) is 10.2 Å². The third-order valence-electron chi connectivity index (χ3n) is 5.35. The lowest BCUT2D eigenvalue weighted by Gasteiger charge is -2.25. The predicted octanol–water partition coefficient (Wildman–Crippen LogP) is 3.97. The van der Waals surface area contributed by atoms with Gasteiger partial charge in [-0.05, 0) is 42.0 Å². The number of nitrogens with one attached hydrogen (secondary N) is 1. The Morgan fingerprint density at radius 3 is 2.61 bits per heavy atom. The molecule has 0 spiro atoms. The van der Waals surface area contributed by atoms with Crippen LogP contribution in [0.2, 0.25) is 0 Å². The molecule has 0 bridgehead atoms. The van der Waals surface area contributed by atoms with Crippen molar-refractivity contribution in [1.29, 1.82) is 0 Å². The van der Waals surface area contributed by atoms with E-state index in [2.05, 4.69) is 5.32 Å². The van der Waals surface area contributed by atoms with E-state index in [0.29, 0.717) is 0 Å². The van der Waals surface area contributed by atoms with Gasteiger partial charge >= 0.3 is 5.97 Å². The van der Waals surface area contributed by atoms with Gasteiger partial charge < -0.3 is 20.6 Å². The van der Waals surface area contributed by atoms with Crippen LogP contribution in [0.25, 0.3) is 17.2 Å². The SMILES string of the molecule is CC(C)c1nc2c(c(-c3ccc(F)cc3)c1C=CC(O)C[C@@H](O)CC(=O)O)CCCN2. The van der Waals surface area contributed by atoms with Crippen LogP contribution in [0, 0.1) is 5.82 Å². The van der Waals surface area contributed by atoms with Gasteiger partial charge in [0.2, 0.25) is 0 Å². The number of aliphatic hydroxyl groups is 2. The quantitative estimate of drug-likeness (QED) is 0.507. The average Bonchev–Trinajstić information content (AvgIpc) is 2.71. The Morgan fingerprint density at radius 1 is 1.26 bits per heavy atom. The summed E-state index contributed by atoms with van der Waals surface area (Å²) in [5.41, 5.74) is 4.57. The molecule has 31 heavy (non-hydrogen) atoms. The summed E-state index contributed by atoms with van der Waals surface area (Å²) in [6.45, 7) is 4.92. The maximum Gasteiger partial charge on any atom is 0.305 e. The van der Waals surface area contributed by atoms with E-state index in [-0.39, 0.29) is 18.2 Å². The molecule has 2 heterocycles. The number of pyridine rings is 1. The van der Waals surface area contributed by atoms with Crippen molar-refractivity contribution in [2.24, 2.45) is 0 Å². The van der Waals surface area contributed by atoms with Crippen molar-refractivity contribution < 1.29 is 24.5 Å². The molecule has 1 aliphatic heterocycles. The van der Waals surface area contributed by atoms with Gasteiger partial charge in [-0.3, -0.25) is 4.79 Å². The van der Waals surface area contributed by atoms with Crippen molar-refractivity contribution in [3.05, 3.63) is 53.0 Å². The monoisotopic (exact) mass is 428 g/mol. The maximum atomic E-state index is 13.6. The Bertz CT molecular complexity index is 957. The minimum absolute atomic E-state index is 0.0778. The highest BCUT2D eigenvalue weighted by molar-refractivity contribution is 5.83. The van der Waals surface area contributed by atoms with Crippen LogP contribution < -0.4 is 5.32 Å². The summed E-state index contributed by atoms with van der Waals surface area (Å²) < 4.78 is 13.6. The molecule has 1 aromatic carbocycles. The summed E-state index contributed by atoms with van der Waals surface area (Å²) in [6.07, 6.45) is 2.49. The van der Waals surface area contributed by atoms with Gasteiger partial charge in [0.25, 0.3) is 0 Å². The second kappa shape index (κ2) is 10.0. The van der Waals surface area contributed by atoms with E-state index < -0.39 is 24.6 Å². The number of benzene rings is 1. The summed E-state index contributed by atoms with van der Waals surface area (Å²) >= 11 is 0. The van der Waals surface area contributed by atoms with Gasteiger partial charge in [0.1, 0.15) is 11.6 Å². The van der Waals surface area contributed by atoms with Crippen LogP contribution in [0.1, 0.15) is 55.8 Å². The van der Waals surface area contributed by atoms with Crippen LogP contribution in [0.5, 0.6) is 0 Å². The zero-order valence-electron chi connectivity index (χ0n) is 17.8. The average molecular weight is 429 g/mol. The van der Waals surface area contributed by atoms with Gasteiger partial charge in [0.15, 0.2) is 0 Å². The fourth-order valence-corrected chi connectivity index (χ4v) is 3.92. The van der Waals surface area contributed by atoms with E-state index in [0.717, 1.165) is 53.2 Å². The van der Waals surface area contributed by atoms with E-state index in [9.17, 15) is 19.4 Å². The fraction of sp³-hybridized carbons (Fsp3) is 0.417. The van der Waals surface area contributed by atoms with Crippen LogP contribution in [-0.2, 0) is 11.2 Å². The number of hydrogen-bond donors (Lipinski definition) is 4. The lowest BCUT2D eigenvalue weighted by atomic mass is 9.87. The van der Waals surface area contributed by atoms with E-state index in [1.54, 1.807) is 24.3 Å². The number of carboxylic acids is 1. The van der Waals surface area contributed by atoms with Gasteiger partial charge in [-0.25, -0.2) is 9.37 Å². The molecule has 6 nitrogen and oxygen atoms in total. The molecule has 0 amide bonds. The normalized spacial score (nSPS) is 15.5. The number of rotatable bonds is 8. The first-order valence-electron chi connectivity index (χ1n) is 10.6. The first-order chi connectivity index (χ1) is 14.8. The molecule has 0 aliphatic carbocycles. The minimum atomic E-state index is -1.14. The van der Waals surface area contributed by atoms with Crippen molar-refractivity contribution in [2.45, 2.75) is 57.7 Å². The number of aromatic nitrogens is 1. The third-order valence-corrected chi connectivity index (χ3v) is 5.35. The zero-order chi connectivity index (χ0) is 22.5. The number of halogens is 1. The number of anilines is 1. The number of carboxylic acid groups (broad SMARTS) is 1. The second-order valence-electron chi connectivity index (χ2n) is 8.22. The summed E-state index contributed by atoms with van der Waals surface area (Å²) in [5, 5.41) is 32.3. The van der Waals surface area contributed by atoms with E-state index >= 15 is 0 Å². The van der Waals surface area contributed by atoms with Gasteiger partial charge in [-0.1, -0.05) is 38.1 Å². The van der Waals surface area contributed by atoms with Crippen molar-refractivity contribution in [2.75, 3.05) is 11.9 Å². The Hall–Kier alpha value is -2.77. The number of fused-ring (bicyclic) bond motifs is 1. The molecule has 0 fully saturated rings. The zero-order valence-corrected chi connectivity index (χ0v) is 17.8. The number of aliphatic carboxylic acids is 1. The minimum Gasteiger partial charge on any atom is -0.481 e. The number of nitrogens with zero attached hydrogens (tertiary/aromatic N) is 1. The first kappa shape index (κ1) is 22.9. The molecule has 166 valence electrons. The fourth-order valence-electron chi connectivity index (χ4n) is 3.92. The topological polar surface area (TPSA) is 103 Å². The molecule has 3 rings (SSSR count). The van der Waals surface area contributed by atoms with E-state index in [1.807, 2.05) is 13.8 Å².